The van der Waals surface area contributed by atoms with Crippen LogP contribution in [0.1, 0.15) is 52.4 Å². The summed E-state index contributed by atoms with van der Waals surface area (Å²) in [6, 6.07) is 5.17. The Morgan fingerprint density at radius 2 is 1.67 bits per heavy atom. The highest BCUT2D eigenvalue weighted by molar-refractivity contribution is 5.92. The second-order valence-corrected chi connectivity index (χ2v) is 7.80. The van der Waals surface area contributed by atoms with Crippen LogP contribution < -0.4 is 9.47 Å². The molecular formula is C22H23NO7. The van der Waals surface area contributed by atoms with Crippen molar-refractivity contribution in [1.29, 1.82) is 0 Å². The summed E-state index contributed by atoms with van der Waals surface area (Å²) in [6.07, 6.45) is 0. The number of nitrogens with zero attached hydrogens (tertiary/aromatic N) is 1. The Morgan fingerprint density at radius 3 is 2.20 bits per heavy atom. The zero-order valence-electron chi connectivity index (χ0n) is 17.7. The monoisotopic (exact) mass is 413 g/mol. The van der Waals surface area contributed by atoms with Gasteiger partial charge in [-0.05, 0) is 57.9 Å². The highest BCUT2D eigenvalue weighted by Crippen LogP contribution is 2.52. The molecule has 1 unspecified atom stereocenters. The summed E-state index contributed by atoms with van der Waals surface area (Å²) >= 11 is 0. The highest BCUT2D eigenvalue weighted by atomic mass is 16.6. The molecule has 0 fully saturated rings. The Bertz CT molecular complexity index is 1050. The predicted octanol–water partition coefficient (Wildman–Crippen LogP) is 4.17. The number of methoxy groups -OCH3 is 1. The lowest BCUT2D eigenvalue weighted by Crippen LogP contribution is -2.36. The lowest BCUT2D eigenvalue weighted by Gasteiger charge is -2.24. The smallest absolute Gasteiger partial charge is 0.343 e. The molecule has 2 aromatic rings. The summed E-state index contributed by atoms with van der Waals surface area (Å²) in [6.45, 7) is 9.04. The number of nitro benzene ring substituents is 1. The molecule has 0 amide bonds. The number of hydrogen-bond donors (Lipinski definition) is 0. The minimum absolute atomic E-state index is 0.118. The van der Waals surface area contributed by atoms with E-state index in [-0.39, 0.29) is 11.3 Å². The van der Waals surface area contributed by atoms with Crippen LogP contribution in [0.15, 0.2) is 24.3 Å². The molecule has 8 nitrogen and oxygen atoms in total. The van der Waals surface area contributed by atoms with Gasteiger partial charge in [0.15, 0.2) is 0 Å². The zero-order valence-corrected chi connectivity index (χ0v) is 17.7. The van der Waals surface area contributed by atoms with Gasteiger partial charge in [0, 0.05) is 23.3 Å². The summed E-state index contributed by atoms with van der Waals surface area (Å²) in [4.78, 5) is 35.5. The lowest BCUT2D eigenvalue weighted by atomic mass is 9.83. The highest BCUT2D eigenvalue weighted by Gasteiger charge is 2.49. The van der Waals surface area contributed by atoms with E-state index in [0.717, 1.165) is 5.56 Å². The van der Waals surface area contributed by atoms with Crippen LogP contribution in [0.4, 0.5) is 5.69 Å². The Balaban J connectivity index is 2.05. The number of rotatable bonds is 4. The van der Waals surface area contributed by atoms with E-state index in [1.165, 1.54) is 31.4 Å². The molecule has 2 aromatic carbocycles. The number of benzene rings is 2. The minimum Gasteiger partial charge on any atom is -0.486 e. The first kappa shape index (κ1) is 21.3. The van der Waals surface area contributed by atoms with Crippen molar-refractivity contribution < 1.29 is 28.7 Å². The van der Waals surface area contributed by atoms with Crippen LogP contribution in [0.5, 0.6) is 11.5 Å². The molecule has 0 bridgehead atoms. The third-order valence-corrected chi connectivity index (χ3v) is 5.53. The number of fused-ring (bicyclic) bond motifs is 1. The van der Waals surface area contributed by atoms with Crippen LogP contribution in [-0.2, 0) is 9.53 Å². The van der Waals surface area contributed by atoms with E-state index < -0.39 is 28.4 Å². The second kappa shape index (κ2) is 7.44. The summed E-state index contributed by atoms with van der Waals surface area (Å²) in [5.74, 6) is -0.819. The zero-order chi connectivity index (χ0) is 22.4. The third kappa shape index (κ3) is 3.38. The summed E-state index contributed by atoms with van der Waals surface area (Å²) in [5.41, 5.74) is 1.97. The third-order valence-electron chi connectivity index (χ3n) is 5.53. The number of nitro groups is 1. The molecule has 1 heterocycles. The predicted molar refractivity (Wildman–Crippen MR) is 108 cm³/mol. The molecule has 0 saturated carbocycles. The standard InChI is InChI=1S/C22H23NO7/c1-11-12(2)19-16(17(21(25)28-6)22(4,5)30-19)13(3)18(11)29-20(24)14-7-9-15(10-8-14)23(26)27/h7-10,17H,1-6H3. The van der Waals surface area contributed by atoms with Crippen LogP contribution in [0.2, 0.25) is 0 Å². The summed E-state index contributed by atoms with van der Waals surface area (Å²) in [5, 5.41) is 10.8. The fraction of sp³-hybridized carbons (Fsp3) is 0.364. The van der Waals surface area contributed by atoms with Gasteiger partial charge >= 0.3 is 11.9 Å². The summed E-state index contributed by atoms with van der Waals surface area (Å²) < 4.78 is 16.8. The van der Waals surface area contributed by atoms with Crippen molar-refractivity contribution in [3.8, 4) is 11.5 Å². The molecule has 0 aromatic heterocycles. The van der Waals surface area contributed by atoms with E-state index in [1.54, 1.807) is 6.92 Å². The van der Waals surface area contributed by atoms with Gasteiger partial charge in [0.25, 0.3) is 5.69 Å². The Labute approximate surface area is 173 Å². The van der Waals surface area contributed by atoms with Gasteiger partial charge in [0.05, 0.1) is 17.6 Å². The fourth-order valence-corrected chi connectivity index (χ4v) is 3.81. The Hall–Kier alpha value is -3.42. The molecule has 0 saturated heterocycles. The molecule has 1 aliphatic heterocycles. The molecule has 0 aliphatic carbocycles. The largest absolute Gasteiger partial charge is 0.486 e. The van der Waals surface area contributed by atoms with Gasteiger partial charge in [-0.1, -0.05) is 0 Å². The molecule has 0 spiro atoms. The maximum Gasteiger partial charge on any atom is 0.343 e. The van der Waals surface area contributed by atoms with E-state index in [2.05, 4.69) is 0 Å². The van der Waals surface area contributed by atoms with Gasteiger partial charge in [0.1, 0.15) is 23.0 Å². The average Bonchev–Trinajstić information content (AvgIpc) is 3.00. The van der Waals surface area contributed by atoms with E-state index in [4.69, 9.17) is 14.2 Å². The first-order valence-corrected chi connectivity index (χ1v) is 9.36. The number of ether oxygens (including phenoxy) is 3. The molecule has 30 heavy (non-hydrogen) atoms. The molecule has 8 heteroatoms. The van der Waals surface area contributed by atoms with E-state index in [1.807, 2.05) is 27.7 Å². The van der Waals surface area contributed by atoms with Gasteiger partial charge in [-0.2, -0.15) is 0 Å². The van der Waals surface area contributed by atoms with Crippen molar-refractivity contribution in [3.05, 3.63) is 62.2 Å². The van der Waals surface area contributed by atoms with Gasteiger partial charge in [0.2, 0.25) is 0 Å². The SMILES string of the molecule is COC(=O)C1c2c(C)c(OC(=O)c3ccc([N+](=O)[O-])cc3)c(C)c(C)c2OC1(C)C. The molecular weight excluding hydrogens is 390 g/mol. The van der Waals surface area contributed by atoms with E-state index >= 15 is 0 Å². The van der Waals surface area contributed by atoms with E-state index in [9.17, 15) is 19.7 Å². The molecule has 1 aliphatic rings. The van der Waals surface area contributed by atoms with E-state index in [0.29, 0.717) is 28.2 Å². The number of non-ortho nitro benzene ring substituents is 1. The van der Waals surface area contributed by atoms with Crippen molar-refractivity contribution in [2.45, 2.75) is 46.1 Å². The van der Waals surface area contributed by atoms with Crippen molar-refractivity contribution in [2.75, 3.05) is 7.11 Å². The van der Waals surface area contributed by atoms with Crippen molar-refractivity contribution in [2.24, 2.45) is 0 Å². The second-order valence-electron chi connectivity index (χ2n) is 7.80. The van der Waals surface area contributed by atoms with Crippen LogP contribution in [-0.4, -0.2) is 29.6 Å². The molecule has 3 rings (SSSR count). The fourth-order valence-electron chi connectivity index (χ4n) is 3.81. The van der Waals surface area contributed by atoms with Gasteiger partial charge in [-0.3, -0.25) is 14.9 Å². The first-order valence-electron chi connectivity index (χ1n) is 9.36. The van der Waals surface area contributed by atoms with Gasteiger partial charge in [-0.15, -0.1) is 0 Å². The Kier molecular flexibility index (Phi) is 5.28. The van der Waals surface area contributed by atoms with Crippen LogP contribution >= 0.6 is 0 Å². The van der Waals surface area contributed by atoms with Crippen LogP contribution in [0.25, 0.3) is 0 Å². The number of hydrogen-bond acceptors (Lipinski definition) is 7. The lowest BCUT2D eigenvalue weighted by molar-refractivity contribution is -0.384. The first-order chi connectivity index (χ1) is 14.0. The van der Waals surface area contributed by atoms with Gasteiger partial charge < -0.3 is 14.2 Å². The minimum atomic E-state index is -0.821. The number of carbonyl (C=O) groups excluding carboxylic acids is 2. The average molecular weight is 413 g/mol. The Morgan fingerprint density at radius 1 is 1.07 bits per heavy atom. The topological polar surface area (TPSA) is 105 Å². The van der Waals surface area contributed by atoms with Crippen molar-refractivity contribution in [1.82, 2.24) is 0 Å². The maximum atomic E-state index is 12.7. The molecule has 0 radical (unpaired) electrons. The number of carbonyl (C=O) groups is 2. The molecule has 1 atom stereocenters. The van der Waals surface area contributed by atoms with Crippen LogP contribution in [0.3, 0.4) is 0 Å². The normalized spacial score (nSPS) is 16.4. The maximum absolute atomic E-state index is 12.7. The number of esters is 2. The van der Waals surface area contributed by atoms with Crippen LogP contribution in [0, 0.1) is 30.9 Å². The molecule has 158 valence electrons. The van der Waals surface area contributed by atoms with Crippen molar-refractivity contribution in [3.63, 3.8) is 0 Å². The summed E-state index contributed by atoms with van der Waals surface area (Å²) in [7, 11) is 1.32. The van der Waals surface area contributed by atoms with Gasteiger partial charge in [-0.25, -0.2) is 4.79 Å². The van der Waals surface area contributed by atoms with Crippen molar-refractivity contribution >= 4 is 17.6 Å². The molecule has 0 N–H and O–H groups in total. The quantitative estimate of drug-likeness (QED) is 0.321.